The number of benzene rings is 2. The summed E-state index contributed by atoms with van der Waals surface area (Å²) >= 11 is 14.9. The molecule has 138 valence electrons. The van der Waals surface area contributed by atoms with Crippen LogP contribution >= 0.6 is 39.7 Å². The molecule has 1 heterocycles. The molecule has 2 aromatic rings. The van der Waals surface area contributed by atoms with Gasteiger partial charge in [0, 0.05) is 28.9 Å². The van der Waals surface area contributed by atoms with E-state index in [4.69, 9.17) is 28.6 Å². The van der Waals surface area contributed by atoms with Crippen molar-refractivity contribution < 1.29 is 4.74 Å². The molecule has 1 aliphatic rings. The van der Waals surface area contributed by atoms with E-state index in [9.17, 15) is 0 Å². The third-order valence-electron chi connectivity index (χ3n) is 4.29. The maximum Gasteiger partial charge on any atom is 0.171 e. The first-order valence-corrected chi connectivity index (χ1v) is 10.1. The van der Waals surface area contributed by atoms with Gasteiger partial charge in [-0.3, -0.25) is 0 Å². The molecule has 1 fully saturated rings. The van der Waals surface area contributed by atoms with Gasteiger partial charge in [0.1, 0.15) is 0 Å². The molecule has 0 amide bonds. The Labute approximate surface area is 173 Å². The molecule has 1 aliphatic heterocycles. The van der Waals surface area contributed by atoms with Crippen molar-refractivity contribution in [2.75, 3.05) is 36.5 Å². The summed E-state index contributed by atoms with van der Waals surface area (Å²) in [6.45, 7) is 5.56. The number of nitrogens with one attached hydrogen (secondary N) is 2. The van der Waals surface area contributed by atoms with Crippen molar-refractivity contribution in [3.05, 3.63) is 57.5 Å². The third-order valence-corrected chi connectivity index (χ3v) is 5.75. The second kappa shape index (κ2) is 9.04. The minimum Gasteiger partial charge on any atom is -0.378 e. The van der Waals surface area contributed by atoms with E-state index in [1.54, 1.807) is 0 Å². The number of hydrogen-bond acceptors (Lipinski definition) is 3. The Kier molecular flexibility index (Phi) is 6.75. The van der Waals surface area contributed by atoms with E-state index in [-0.39, 0.29) is 6.04 Å². The molecule has 2 N–H and O–H groups in total. The van der Waals surface area contributed by atoms with Gasteiger partial charge in [0.25, 0.3) is 0 Å². The maximum absolute atomic E-state index is 6.12. The number of hydrogen-bond donors (Lipinski definition) is 2. The van der Waals surface area contributed by atoms with Gasteiger partial charge in [-0.1, -0.05) is 23.7 Å². The van der Waals surface area contributed by atoms with E-state index in [0.717, 1.165) is 36.5 Å². The fraction of sp³-hybridized carbons (Fsp3) is 0.316. The van der Waals surface area contributed by atoms with E-state index >= 15 is 0 Å². The second-order valence-corrected chi connectivity index (χ2v) is 7.81. The molecule has 0 spiro atoms. The van der Waals surface area contributed by atoms with Gasteiger partial charge in [0.05, 0.1) is 24.3 Å². The molecule has 0 aromatic heterocycles. The third kappa shape index (κ3) is 5.10. The summed E-state index contributed by atoms with van der Waals surface area (Å²) in [5.41, 5.74) is 3.26. The summed E-state index contributed by atoms with van der Waals surface area (Å²) in [6.07, 6.45) is 0. The molecule has 1 atom stereocenters. The monoisotopic (exact) mass is 453 g/mol. The molecular weight excluding hydrogens is 434 g/mol. The zero-order chi connectivity index (χ0) is 18.5. The van der Waals surface area contributed by atoms with Crippen LogP contribution in [-0.2, 0) is 4.74 Å². The van der Waals surface area contributed by atoms with E-state index in [2.05, 4.69) is 62.7 Å². The van der Waals surface area contributed by atoms with E-state index in [1.807, 2.05) is 18.2 Å². The highest BCUT2D eigenvalue weighted by atomic mass is 79.9. The number of nitrogens with zero attached hydrogens (tertiary/aromatic N) is 1. The molecule has 1 saturated heterocycles. The molecule has 0 radical (unpaired) electrons. The van der Waals surface area contributed by atoms with Gasteiger partial charge in [-0.2, -0.15) is 0 Å². The highest BCUT2D eigenvalue weighted by Crippen LogP contribution is 2.25. The molecule has 26 heavy (non-hydrogen) atoms. The number of morpholine rings is 1. The quantitative estimate of drug-likeness (QED) is 0.637. The van der Waals surface area contributed by atoms with Crippen LogP contribution in [0.15, 0.2) is 46.9 Å². The van der Waals surface area contributed by atoms with Crippen LogP contribution in [0.1, 0.15) is 18.5 Å². The topological polar surface area (TPSA) is 36.5 Å². The molecular formula is C19H21BrClN3OS. The van der Waals surface area contributed by atoms with Crippen molar-refractivity contribution in [3.63, 3.8) is 0 Å². The van der Waals surface area contributed by atoms with Gasteiger partial charge in [0.2, 0.25) is 0 Å². The van der Waals surface area contributed by atoms with Gasteiger partial charge in [-0.15, -0.1) is 0 Å². The Hall–Kier alpha value is -1.34. The van der Waals surface area contributed by atoms with E-state index in [0.29, 0.717) is 10.1 Å². The molecule has 7 heteroatoms. The fourth-order valence-corrected chi connectivity index (χ4v) is 3.54. The first kappa shape index (κ1) is 19.4. The zero-order valence-electron chi connectivity index (χ0n) is 14.5. The summed E-state index contributed by atoms with van der Waals surface area (Å²) in [5, 5.41) is 7.68. The molecule has 0 bridgehead atoms. The average Bonchev–Trinajstić information content (AvgIpc) is 2.65. The lowest BCUT2D eigenvalue weighted by Crippen LogP contribution is -2.36. The normalized spacial score (nSPS) is 15.4. The highest BCUT2D eigenvalue weighted by Gasteiger charge is 2.12. The lowest BCUT2D eigenvalue weighted by Gasteiger charge is -2.29. The molecule has 3 rings (SSSR count). The van der Waals surface area contributed by atoms with E-state index in [1.165, 1.54) is 11.3 Å². The van der Waals surface area contributed by atoms with Crippen molar-refractivity contribution >= 4 is 56.2 Å². The number of ether oxygens (including phenoxy) is 1. The Morgan fingerprint density at radius 3 is 2.54 bits per heavy atom. The number of thiocarbonyl (C=S) groups is 1. The second-order valence-electron chi connectivity index (χ2n) is 6.14. The van der Waals surface area contributed by atoms with Crippen molar-refractivity contribution in [1.82, 2.24) is 5.32 Å². The van der Waals surface area contributed by atoms with Gasteiger partial charge in [-0.05, 0) is 71.0 Å². The molecule has 1 unspecified atom stereocenters. The first-order valence-electron chi connectivity index (χ1n) is 8.48. The maximum atomic E-state index is 6.12. The summed E-state index contributed by atoms with van der Waals surface area (Å²) in [6, 6.07) is 14.3. The number of anilines is 2. The van der Waals surface area contributed by atoms with E-state index < -0.39 is 0 Å². The minimum atomic E-state index is 0.0969. The zero-order valence-corrected chi connectivity index (χ0v) is 17.6. The summed E-state index contributed by atoms with van der Waals surface area (Å²) < 4.78 is 6.26. The van der Waals surface area contributed by atoms with Crippen LogP contribution in [0.2, 0.25) is 5.02 Å². The standard InChI is InChI=1S/C19H21BrClN3OS/c1-13(22-19(26)23-15-4-7-17(20)18(21)12-15)14-2-5-16(6-3-14)24-8-10-25-11-9-24/h2-7,12-13H,8-11H2,1H3,(H2,22,23,26). The van der Waals surface area contributed by atoms with Gasteiger partial charge in [-0.25, -0.2) is 0 Å². The Balaban J connectivity index is 1.57. The largest absolute Gasteiger partial charge is 0.378 e. The van der Waals surface area contributed by atoms with Crippen LogP contribution in [0, 0.1) is 0 Å². The average molecular weight is 455 g/mol. The molecule has 2 aromatic carbocycles. The number of rotatable bonds is 4. The van der Waals surface area contributed by atoms with Crippen LogP contribution in [0.5, 0.6) is 0 Å². The number of halogens is 2. The predicted octanol–water partition coefficient (Wildman–Crippen LogP) is 4.99. The van der Waals surface area contributed by atoms with Gasteiger partial charge >= 0.3 is 0 Å². The smallest absolute Gasteiger partial charge is 0.171 e. The van der Waals surface area contributed by atoms with Crippen LogP contribution < -0.4 is 15.5 Å². The molecule has 0 aliphatic carbocycles. The highest BCUT2D eigenvalue weighted by molar-refractivity contribution is 9.10. The Morgan fingerprint density at radius 1 is 1.19 bits per heavy atom. The first-order chi connectivity index (χ1) is 12.5. The SMILES string of the molecule is CC(NC(=S)Nc1ccc(Br)c(Cl)c1)c1ccc(N2CCOCC2)cc1. The summed E-state index contributed by atoms with van der Waals surface area (Å²) in [4.78, 5) is 2.34. The van der Waals surface area contributed by atoms with Crippen molar-refractivity contribution in [2.45, 2.75) is 13.0 Å². The lowest BCUT2D eigenvalue weighted by atomic mass is 10.1. The summed E-state index contributed by atoms with van der Waals surface area (Å²) in [5.74, 6) is 0. The van der Waals surface area contributed by atoms with Crippen LogP contribution in [0.4, 0.5) is 11.4 Å². The lowest BCUT2D eigenvalue weighted by molar-refractivity contribution is 0.122. The van der Waals surface area contributed by atoms with Crippen molar-refractivity contribution in [1.29, 1.82) is 0 Å². The van der Waals surface area contributed by atoms with Crippen molar-refractivity contribution in [3.8, 4) is 0 Å². The predicted molar refractivity (Wildman–Crippen MR) is 116 cm³/mol. The van der Waals surface area contributed by atoms with Crippen LogP contribution in [-0.4, -0.2) is 31.4 Å². The Bertz CT molecular complexity index is 766. The van der Waals surface area contributed by atoms with Gasteiger partial charge < -0.3 is 20.3 Å². The van der Waals surface area contributed by atoms with Crippen molar-refractivity contribution in [2.24, 2.45) is 0 Å². The van der Waals surface area contributed by atoms with Crippen LogP contribution in [0.25, 0.3) is 0 Å². The molecule has 4 nitrogen and oxygen atoms in total. The van der Waals surface area contributed by atoms with Crippen LogP contribution in [0.3, 0.4) is 0 Å². The minimum absolute atomic E-state index is 0.0969. The molecule has 0 saturated carbocycles. The Morgan fingerprint density at radius 2 is 1.88 bits per heavy atom. The fourth-order valence-electron chi connectivity index (χ4n) is 2.82. The summed E-state index contributed by atoms with van der Waals surface area (Å²) in [7, 11) is 0. The van der Waals surface area contributed by atoms with Gasteiger partial charge in [0.15, 0.2) is 5.11 Å².